The quantitative estimate of drug-likeness (QED) is 0.855. The van der Waals surface area contributed by atoms with E-state index in [9.17, 15) is 19.1 Å². The van der Waals surface area contributed by atoms with Crippen molar-refractivity contribution in [2.45, 2.75) is 18.6 Å². The lowest BCUT2D eigenvalue weighted by atomic mass is 10.1. The van der Waals surface area contributed by atoms with Crippen molar-refractivity contribution in [3.05, 3.63) is 34.6 Å². The molecule has 2 N–H and O–H groups in total. The van der Waals surface area contributed by atoms with Crippen molar-refractivity contribution in [1.29, 1.82) is 0 Å². The van der Waals surface area contributed by atoms with Crippen LogP contribution in [0, 0.1) is 5.82 Å². The molecular formula is C12H11ClFNO4. The molecule has 19 heavy (non-hydrogen) atoms. The molecule has 0 radical (unpaired) electrons. The zero-order valence-electron chi connectivity index (χ0n) is 9.72. The third kappa shape index (κ3) is 2.54. The van der Waals surface area contributed by atoms with Gasteiger partial charge in [0.05, 0.1) is 16.7 Å². The van der Waals surface area contributed by atoms with E-state index in [4.69, 9.17) is 16.7 Å². The molecule has 1 fully saturated rings. The molecule has 5 nitrogen and oxygen atoms in total. The lowest BCUT2D eigenvalue weighted by molar-refractivity contribution is -0.141. The number of halogens is 2. The molecule has 1 aliphatic rings. The van der Waals surface area contributed by atoms with Gasteiger partial charge < -0.3 is 15.1 Å². The predicted molar refractivity (Wildman–Crippen MR) is 64.5 cm³/mol. The molecule has 0 saturated carbocycles. The highest BCUT2D eigenvalue weighted by Gasteiger charge is 2.39. The van der Waals surface area contributed by atoms with Gasteiger partial charge in [-0.15, -0.1) is 0 Å². The van der Waals surface area contributed by atoms with Crippen LogP contribution in [0.1, 0.15) is 16.8 Å². The van der Waals surface area contributed by atoms with Gasteiger partial charge in [-0.3, -0.25) is 4.79 Å². The Labute approximate surface area is 113 Å². The maximum atomic E-state index is 13.7. The summed E-state index contributed by atoms with van der Waals surface area (Å²) < 4.78 is 13.7. The van der Waals surface area contributed by atoms with Crippen molar-refractivity contribution < 1.29 is 24.2 Å². The smallest absolute Gasteiger partial charge is 0.326 e. The Hall–Kier alpha value is -1.66. The van der Waals surface area contributed by atoms with Crippen LogP contribution in [0.3, 0.4) is 0 Å². The number of aliphatic carboxylic acids is 1. The van der Waals surface area contributed by atoms with Gasteiger partial charge in [0, 0.05) is 13.0 Å². The predicted octanol–water partition coefficient (Wildman–Crippen LogP) is 1.14. The molecular weight excluding hydrogens is 277 g/mol. The van der Waals surface area contributed by atoms with Crippen LogP contribution in [0.25, 0.3) is 0 Å². The van der Waals surface area contributed by atoms with Crippen molar-refractivity contribution in [1.82, 2.24) is 4.90 Å². The summed E-state index contributed by atoms with van der Waals surface area (Å²) in [6, 6.07) is 2.77. The first-order valence-corrected chi connectivity index (χ1v) is 5.95. The van der Waals surface area contributed by atoms with Crippen LogP contribution in [0.2, 0.25) is 5.02 Å². The van der Waals surface area contributed by atoms with E-state index in [1.807, 2.05) is 0 Å². The number of nitrogens with zero attached hydrogens (tertiary/aromatic N) is 1. The van der Waals surface area contributed by atoms with Crippen LogP contribution in [-0.4, -0.2) is 45.7 Å². The SMILES string of the molecule is O=C(O)[C@@H]1CC(O)CN1C(=O)c1cccc(Cl)c1F. The second-order valence-electron chi connectivity index (χ2n) is 4.30. The lowest BCUT2D eigenvalue weighted by Gasteiger charge is -2.21. The molecule has 102 valence electrons. The van der Waals surface area contributed by atoms with Crippen molar-refractivity contribution in [3.8, 4) is 0 Å². The number of carbonyl (C=O) groups is 2. The minimum atomic E-state index is -1.23. The minimum Gasteiger partial charge on any atom is -0.480 e. The van der Waals surface area contributed by atoms with Gasteiger partial charge >= 0.3 is 5.97 Å². The van der Waals surface area contributed by atoms with Crippen molar-refractivity contribution in [2.75, 3.05) is 6.54 Å². The Morgan fingerprint density at radius 3 is 2.74 bits per heavy atom. The molecule has 7 heteroatoms. The number of carboxylic acids is 1. The van der Waals surface area contributed by atoms with Gasteiger partial charge in [0.15, 0.2) is 5.82 Å². The second-order valence-corrected chi connectivity index (χ2v) is 4.71. The van der Waals surface area contributed by atoms with E-state index < -0.39 is 29.8 Å². The fourth-order valence-electron chi connectivity index (χ4n) is 2.10. The number of benzene rings is 1. The normalized spacial score (nSPS) is 22.6. The minimum absolute atomic E-state index is 0.0662. The molecule has 1 amide bonds. The number of aliphatic hydroxyl groups is 1. The van der Waals surface area contributed by atoms with Crippen LogP contribution in [0.4, 0.5) is 4.39 Å². The van der Waals surface area contributed by atoms with Crippen LogP contribution in [-0.2, 0) is 4.79 Å². The van der Waals surface area contributed by atoms with Crippen LogP contribution < -0.4 is 0 Å². The van der Waals surface area contributed by atoms with E-state index in [1.54, 1.807) is 0 Å². The van der Waals surface area contributed by atoms with Gasteiger partial charge in [0.2, 0.25) is 0 Å². The van der Waals surface area contributed by atoms with Gasteiger partial charge in [0.25, 0.3) is 5.91 Å². The summed E-state index contributed by atoms with van der Waals surface area (Å²) in [5, 5.41) is 18.2. The number of rotatable bonds is 2. The van der Waals surface area contributed by atoms with Gasteiger partial charge in [-0.05, 0) is 12.1 Å². The number of amides is 1. The number of β-amino-alcohol motifs (C(OH)–C–C–N with tert-alkyl or cyclic N) is 1. The number of likely N-dealkylation sites (tertiary alicyclic amines) is 1. The molecule has 1 aromatic rings. The summed E-state index contributed by atoms with van der Waals surface area (Å²) in [5.74, 6) is -2.91. The third-order valence-electron chi connectivity index (χ3n) is 3.01. The molecule has 2 atom stereocenters. The number of hydrogen-bond acceptors (Lipinski definition) is 3. The summed E-state index contributed by atoms with van der Waals surface area (Å²) >= 11 is 5.58. The van der Waals surface area contributed by atoms with Crippen molar-refractivity contribution in [3.63, 3.8) is 0 Å². The molecule has 0 bridgehead atoms. The van der Waals surface area contributed by atoms with E-state index >= 15 is 0 Å². The van der Waals surface area contributed by atoms with Gasteiger partial charge in [-0.2, -0.15) is 0 Å². The van der Waals surface area contributed by atoms with Gasteiger partial charge in [-0.1, -0.05) is 17.7 Å². The topological polar surface area (TPSA) is 77.8 Å². The fraction of sp³-hybridized carbons (Fsp3) is 0.333. The van der Waals surface area contributed by atoms with E-state index in [2.05, 4.69) is 0 Å². The number of carboxylic acid groups (broad SMARTS) is 1. The number of carbonyl (C=O) groups excluding carboxylic acids is 1. The van der Waals surface area contributed by atoms with E-state index in [0.29, 0.717) is 0 Å². The van der Waals surface area contributed by atoms with Crippen molar-refractivity contribution >= 4 is 23.5 Å². The zero-order valence-corrected chi connectivity index (χ0v) is 10.5. The van der Waals surface area contributed by atoms with E-state index in [1.165, 1.54) is 18.2 Å². The lowest BCUT2D eigenvalue weighted by Crippen LogP contribution is -2.40. The third-order valence-corrected chi connectivity index (χ3v) is 3.30. The summed E-state index contributed by atoms with van der Waals surface area (Å²) in [4.78, 5) is 24.1. The standard InChI is InChI=1S/C12H11ClFNO4/c13-8-3-1-2-7(10(8)14)11(17)15-5-6(16)4-9(15)12(18)19/h1-3,6,9,16H,4-5H2,(H,18,19)/t6?,9-/m0/s1. The molecule has 2 rings (SSSR count). The van der Waals surface area contributed by atoms with Gasteiger partial charge in [-0.25, -0.2) is 9.18 Å². The van der Waals surface area contributed by atoms with Gasteiger partial charge in [0.1, 0.15) is 6.04 Å². The maximum absolute atomic E-state index is 13.7. The first-order valence-electron chi connectivity index (χ1n) is 5.57. The monoisotopic (exact) mass is 287 g/mol. The highest BCUT2D eigenvalue weighted by Crippen LogP contribution is 2.24. The van der Waals surface area contributed by atoms with E-state index in [-0.39, 0.29) is 23.6 Å². The highest BCUT2D eigenvalue weighted by atomic mass is 35.5. The summed E-state index contributed by atoms with van der Waals surface area (Å²) in [7, 11) is 0. The van der Waals surface area contributed by atoms with Crippen LogP contribution in [0.5, 0.6) is 0 Å². The largest absolute Gasteiger partial charge is 0.480 e. The van der Waals surface area contributed by atoms with E-state index in [0.717, 1.165) is 4.90 Å². The summed E-state index contributed by atoms with van der Waals surface area (Å²) in [6.45, 7) is -0.137. The summed E-state index contributed by atoms with van der Waals surface area (Å²) in [5.41, 5.74) is -0.298. The molecule has 1 aromatic carbocycles. The average molecular weight is 288 g/mol. The Balaban J connectivity index is 2.33. The van der Waals surface area contributed by atoms with Crippen LogP contribution in [0.15, 0.2) is 18.2 Å². The molecule has 1 aliphatic heterocycles. The molecule has 1 unspecified atom stereocenters. The molecule has 0 aromatic heterocycles. The Morgan fingerprint density at radius 1 is 1.42 bits per heavy atom. The molecule has 1 heterocycles. The fourth-order valence-corrected chi connectivity index (χ4v) is 2.27. The second kappa shape index (κ2) is 5.14. The first kappa shape index (κ1) is 13.8. The number of hydrogen-bond donors (Lipinski definition) is 2. The Kier molecular flexibility index (Phi) is 3.73. The molecule has 0 aliphatic carbocycles. The first-order chi connectivity index (χ1) is 8.91. The summed E-state index contributed by atoms with van der Waals surface area (Å²) in [6.07, 6.45) is -0.990. The van der Waals surface area contributed by atoms with Crippen molar-refractivity contribution in [2.24, 2.45) is 0 Å². The highest BCUT2D eigenvalue weighted by molar-refractivity contribution is 6.31. The Bertz CT molecular complexity index is 536. The zero-order chi connectivity index (χ0) is 14.2. The Morgan fingerprint density at radius 2 is 2.11 bits per heavy atom. The number of aliphatic hydroxyl groups excluding tert-OH is 1. The molecule has 1 saturated heterocycles. The average Bonchev–Trinajstić information content (AvgIpc) is 2.74. The maximum Gasteiger partial charge on any atom is 0.326 e. The molecule has 0 spiro atoms. The van der Waals surface area contributed by atoms with Crippen LogP contribution >= 0.6 is 11.6 Å².